The Kier molecular flexibility index (Phi) is 2.01. The third-order valence-electron chi connectivity index (χ3n) is 2.19. The average Bonchev–Trinajstić information content (AvgIpc) is 2.87. The van der Waals surface area contributed by atoms with Crippen molar-refractivity contribution in [3.05, 3.63) is 33.8 Å². The van der Waals surface area contributed by atoms with Crippen LogP contribution in [0.1, 0.15) is 34.7 Å². The Labute approximate surface area is 79.9 Å². The van der Waals surface area contributed by atoms with E-state index in [1.165, 1.54) is 18.4 Å². The van der Waals surface area contributed by atoms with Crippen molar-refractivity contribution in [1.29, 1.82) is 0 Å². The number of hydrogen-bond acceptors (Lipinski definition) is 1. The Balaban J connectivity index is 2.46. The molecular formula is C10H9BrO. The van der Waals surface area contributed by atoms with E-state index in [-0.39, 0.29) is 0 Å². The van der Waals surface area contributed by atoms with Crippen LogP contribution in [0.3, 0.4) is 0 Å². The summed E-state index contributed by atoms with van der Waals surface area (Å²) < 4.78 is 1.06. The zero-order valence-electron chi connectivity index (χ0n) is 6.59. The lowest BCUT2D eigenvalue weighted by atomic mass is 10.0. The van der Waals surface area contributed by atoms with Gasteiger partial charge in [0.15, 0.2) is 0 Å². The number of halogens is 1. The molecule has 2 rings (SSSR count). The van der Waals surface area contributed by atoms with Gasteiger partial charge < -0.3 is 0 Å². The van der Waals surface area contributed by atoms with E-state index >= 15 is 0 Å². The van der Waals surface area contributed by atoms with Crippen LogP contribution < -0.4 is 0 Å². The van der Waals surface area contributed by atoms with Gasteiger partial charge in [0, 0.05) is 10.0 Å². The standard InChI is InChI=1S/C10H9BrO/c11-9-4-3-8(6-12)10(5-9)7-1-2-7/h3-7H,1-2H2. The normalized spacial score (nSPS) is 16.1. The second-order valence-electron chi connectivity index (χ2n) is 3.17. The lowest BCUT2D eigenvalue weighted by Crippen LogP contribution is -1.89. The summed E-state index contributed by atoms with van der Waals surface area (Å²) in [5.41, 5.74) is 2.06. The van der Waals surface area contributed by atoms with E-state index in [0.717, 1.165) is 16.3 Å². The molecule has 1 nitrogen and oxygen atoms in total. The fourth-order valence-corrected chi connectivity index (χ4v) is 1.78. The first-order valence-corrected chi connectivity index (χ1v) is 4.85. The number of carbonyl (C=O) groups excluding carboxylic acids is 1. The van der Waals surface area contributed by atoms with E-state index < -0.39 is 0 Å². The zero-order chi connectivity index (χ0) is 8.55. The molecule has 62 valence electrons. The first-order valence-electron chi connectivity index (χ1n) is 4.06. The summed E-state index contributed by atoms with van der Waals surface area (Å²) in [6.45, 7) is 0. The largest absolute Gasteiger partial charge is 0.298 e. The molecule has 1 aromatic carbocycles. The van der Waals surface area contributed by atoms with Crippen molar-refractivity contribution in [2.75, 3.05) is 0 Å². The molecule has 1 aliphatic rings. The van der Waals surface area contributed by atoms with Gasteiger partial charge in [0.25, 0.3) is 0 Å². The maximum Gasteiger partial charge on any atom is 0.150 e. The van der Waals surface area contributed by atoms with E-state index in [4.69, 9.17) is 0 Å². The smallest absolute Gasteiger partial charge is 0.150 e. The van der Waals surface area contributed by atoms with Crippen molar-refractivity contribution in [2.45, 2.75) is 18.8 Å². The molecule has 1 saturated carbocycles. The zero-order valence-corrected chi connectivity index (χ0v) is 8.17. The Morgan fingerprint density at radius 2 is 2.17 bits per heavy atom. The molecule has 1 fully saturated rings. The van der Waals surface area contributed by atoms with E-state index in [1.807, 2.05) is 12.1 Å². The number of carbonyl (C=O) groups is 1. The number of aldehydes is 1. The van der Waals surface area contributed by atoms with Gasteiger partial charge in [-0.1, -0.05) is 22.0 Å². The predicted molar refractivity (Wildman–Crippen MR) is 51.5 cm³/mol. The number of rotatable bonds is 2. The number of benzene rings is 1. The SMILES string of the molecule is O=Cc1ccc(Br)cc1C1CC1. The predicted octanol–water partition coefficient (Wildman–Crippen LogP) is 3.14. The molecule has 0 heterocycles. The number of hydrogen-bond donors (Lipinski definition) is 0. The fraction of sp³-hybridized carbons (Fsp3) is 0.300. The van der Waals surface area contributed by atoms with Crippen LogP contribution >= 0.6 is 15.9 Å². The summed E-state index contributed by atoms with van der Waals surface area (Å²) in [5, 5.41) is 0. The van der Waals surface area contributed by atoms with E-state index in [2.05, 4.69) is 22.0 Å². The molecule has 0 aliphatic heterocycles. The van der Waals surface area contributed by atoms with Gasteiger partial charge in [-0.15, -0.1) is 0 Å². The highest BCUT2D eigenvalue weighted by Crippen LogP contribution is 2.42. The van der Waals surface area contributed by atoms with Gasteiger partial charge in [0.2, 0.25) is 0 Å². The second kappa shape index (κ2) is 3.02. The molecule has 12 heavy (non-hydrogen) atoms. The van der Waals surface area contributed by atoms with Crippen LogP contribution in [0.5, 0.6) is 0 Å². The first-order chi connectivity index (χ1) is 5.81. The van der Waals surface area contributed by atoms with Gasteiger partial charge in [0.1, 0.15) is 6.29 Å². The Morgan fingerprint density at radius 3 is 2.75 bits per heavy atom. The molecular weight excluding hydrogens is 216 g/mol. The fourth-order valence-electron chi connectivity index (χ4n) is 1.40. The monoisotopic (exact) mass is 224 g/mol. The van der Waals surface area contributed by atoms with Crippen molar-refractivity contribution < 1.29 is 4.79 Å². The van der Waals surface area contributed by atoms with Gasteiger partial charge in [-0.05, 0) is 36.5 Å². The average molecular weight is 225 g/mol. The van der Waals surface area contributed by atoms with Crippen LogP contribution in [0.15, 0.2) is 22.7 Å². The molecule has 0 saturated heterocycles. The minimum Gasteiger partial charge on any atom is -0.298 e. The highest BCUT2D eigenvalue weighted by atomic mass is 79.9. The highest BCUT2D eigenvalue weighted by molar-refractivity contribution is 9.10. The van der Waals surface area contributed by atoms with Crippen molar-refractivity contribution in [2.24, 2.45) is 0 Å². The molecule has 0 N–H and O–H groups in total. The lowest BCUT2D eigenvalue weighted by molar-refractivity contribution is 0.112. The summed E-state index contributed by atoms with van der Waals surface area (Å²) in [6, 6.07) is 5.85. The second-order valence-corrected chi connectivity index (χ2v) is 4.08. The third-order valence-corrected chi connectivity index (χ3v) is 2.69. The molecule has 0 aromatic heterocycles. The van der Waals surface area contributed by atoms with Gasteiger partial charge in [-0.25, -0.2) is 0 Å². The molecule has 0 atom stereocenters. The molecule has 0 spiro atoms. The topological polar surface area (TPSA) is 17.1 Å². The van der Waals surface area contributed by atoms with E-state index in [9.17, 15) is 4.79 Å². The third kappa shape index (κ3) is 1.44. The Morgan fingerprint density at radius 1 is 1.42 bits per heavy atom. The lowest BCUT2D eigenvalue weighted by Gasteiger charge is -2.02. The van der Waals surface area contributed by atoms with E-state index in [1.54, 1.807) is 0 Å². The summed E-state index contributed by atoms with van der Waals surface area (Å²) in [6.07, 6.45) is 3.41. The summed E-state index contributed by atoms with van der Waals surface area (Å²) >= 11 is 3.41. The van der Waals surface area contributed by atoms with Crippen LogP contribution in [0.25, 0.3) is 0 Å². The molecule has 1 aromatic rings. The van der Waals surface area contributed by atoms with Gasteiger partial charge in [-0.3, -0.25) is 4.79 Å². The molecule has 0 unspecified atom stereocenters. The molecule has 0 amide bonds. The molecule has 2 heteroatoms. The van der Waals surface area contributed by atoms with Crippen LogP contribution in [0, 0.1) is 0 Å². The van der Waals surface area contributed by atoms with Crippen molar-refractivity contribution in [3.63, 3.8) is 0 Å². The summed E-state index contributed by atoms with van der Waals surface area (Å²) in [4.78, 5) is 10.7. The van der Waals surface area contributed by atoms with Crippen molar-refractivity contribution in [3.8, 4) is 0 Å². The van der Waals surface area contributed by atoms with Gasteiger partial charge in [0.05, 0.1) is 0 Å². The highest BCUT2D eigenvalue weighted by Gasteiger charge is 2.25. The maximum absolute atomic E-state index is 10.7. The minimum atomic E-state index is 0.641. The van der Waals surface area contributed by atoms with Crippen LogP contribution in [-0.4, -0.2) is 6.29 Å². The molecule has 1 aliphatic carbocycles. The quantitative estimate of drug-likeness (QED) is 0.706. The van der Waals surface area contributed by atoms with Crippen molar-refractivity contribution in [1.82, 2.24) is 0 Å². The van der Waals surface area contributed by atoms with Gasteiger partial charge >= 0.3 is 0 Å². The summed E-state index contributed by atoms with van der Waals surface area (Å²) in [5.74, 6) is 0.641. The van der Waals surface area contributed by atoms with Crippen molar-refractivity contribution >= 4 is 22.2 Å². The van der Waals surface area contributed by atoms with Gasteiger partial charge in [-0.2, -0.15) is 0 Å². The first kappa shape index (κ1) is 7.99. The van der Waals surface area contributed by atoms with Crippen LogP contribution in [-0.2, 0) is 0 Å². The molecule has 0 bridgehead atoms. The Hall–Kier alpha value is -0.630. The molecule has 0 radical (unpaired) electrons. The summed E-state index contributed by atoms with van der Waals surface area (Å²) in [7, 11) is 0. The van der Waals surface area contributed by atoms with Crippen LogP contribution in [0.4, 0.5) is 0 Å². The van der Waals surface area contributed by atoms with Crippen LogP contribution in [0.2, 0.25) is 0 Å². The Bertz CT molecular complexity index is 316. The van der Waals surface area contributed by atoms with E-state index in [0.29, 0.717) is 5.92 Å². The maximum atomic E-state index is 10.7. The minimum absolute atomic E-state index is 0.641.